The first-order chi connectivity index (χ1) is 9.20. The average Bonchev–Trinajstić information content (AvgIpc) is 2.46. The van der Waals surface area contributed by atoms with Gasteiger partial charge in [-0.15, -0.1) is 0 Å². The summed E-state index contributed by atoms with van der Waals surface area (Å²) in [6.45, 7) is 0.492. The van der Waals surface area contributed by atoms with Gasteiger partial charge in [-0.1, -0.05) is 0 Å². The average molecular weight is 265 g/mol. The number of carbonyl (C=O) groups is 1. The zero-order chi connectivity index (χ0) is 13.7. The number of ether oxygens (including phenoxy) is 2. The summed E-state index contributed by atoms with van der Waals surface area (Å²) in [5.74, 6) is -0.890. The number of hydrogen-bond donors (Lipinski definition) is 1. The molecule has 4 nitrogen and oxygen atoms in total. The predicted octanol–water partition coefficient (Wildman–Crippen LogP) is 2.72. The van der Waals surface area contributed by atoms with Crippen LogP contribution >= 0.6 is 0 Å². The highest BCUT2D eigenvalue weighted by Crippen LogP contribution is 2.18. The molecule has 1 N–H and O–H groups in total. The number of allylic oxidation sites excluding steroid dienone is 1. The number of methoxy groups -OCH3 is 1. The Balaban J connectivity index is 2.02. The number of hydrogen-bond acceptors (Lipinski definition) is 4. The fraction of sp³-hybridized carbons (Fsp3) is 0.357. The molecule has 19 heavy (non-hydrogen) atoms. The minimum absolute atomic E-state index is 0.0196. The molecule has 0 amide bonds. The summed E-state index contributed by atoms with van der Waals surface area (Å²) in [6, 6.07) is 4.09. The van der Waals surface area contributed by atoms with Gasteiger partial charge in [0.05, 0.1) is 31.2 Å². The predicted molar refractivity (Wildman–Crippen MR) is 69.5 cm³/mol. The van der Waals surface area contributed by atoms with Gasteiger partial charge in [0.2, 0.25) is 0 Å². The largest absolute Gasteiger partial charge is 0.497 e. The Morgan fingerprint density at radius 1 is 1.58 bits per heavy atom. The van der Waals surface area contributed by atoms with Gasteiger partial charge in [0.25, 0.3) is 0 Å². The van der Waals surface area contributed by atoms with E-state index in [0.717, 1.165) is 12.8 Å². The first kappa shape index (κ1) is 13.4. The van der Waals surface area contributed by atoms with Gasteiger partial charge >= 0.3 is 5.97 Å². The second-order valence-electron chi connectivity index (χ2n) is 4.27. The SMILES string of the molecule is COC(=O)c1ccc(F)c(NCC2CCC=CO2)c1. The van der Waals surface area contributed by atoms with Crippen molar-refractivity contribution < 1.29 is 18.7 Å². The first-order valence-corrected chi connectivity index (χ1v) is 6.13. The maximum absolute atomic E-state index is 13.6. The summed E-state index contributed by atoms with van der Waals surface area (Å²) >= 11 is 0. The van der Waals surface area contributed by atoms with Crippen LogP contribution in [0.4, 0.5) is 10.1 Å². The number of halogens is 1. The van der Waals surface area contributed by atoms with Crippen LogP contribution in [0.3, 0.4) is 0 Å². The van der Waals surface area contributed by atoms with E-state index in [2.05, 4.69) is 10.1 Å². The number of benzene rings is 1. The molecule has 1 aliphatic rings. The second-order valence-corrected chi connectivity index (χ2v) is 4.27. The Kier molecular flexibility index (Phi) is 4.39. The maximum Gasteiger partial charge on any atom is 0.337 e. The molecule has 1 aliphatic heterocycles. The van der Waals surface area contributed by atoms with Crippen LogP contribution in [0.15, 0.2) is 30.5 Å². The van der Waals surface area contributed by atoms with E-state index in [0.29, 0.717) is 12.1 Å². The second kappa shape index (κ2) is 6.22. The van der Waals surface area contributed by atoms with E-state index in [1.54, 1.807) is 6.26 Å². The van der Waals surface area contributed by atoms with Crippen LogP contribution in [0, 0.1) is 5.82 Å². The van der Waals surface area contributed by atoms with Gasteiger partial charge < -0.3 is 14.8 Å². The summed E-state index contributed by atoms with van der Waals surface area (Å²) < 4.78 is 23.6. The molecule has 1 atom stereocenters. The Morgan fingerprint density at radius 2 is 2.42 bits per heavy atom. The van der Waals surface area contributed by atoms with Crippen molar-refractivity contribution in [1.29, 1.82) is 0 Å². The van der Waals surface area contributed by atoms with Crippen molar-refractivity contribution in [2.45, 2.75) is 18.9 Å². The minimum atomic E-state index is -0.486. The minimum Gasteiger partial charge on any atom is -0.497 e. The third-order valence-corrected chi connectivity index (χ3v) is 2.93. The van der Waals surface area contributed by atoms with Crippen LogP contribution in [0.5, 0.6) is 0 Å². The Labute approximate surface area is 111 Å². The third-order valence-electron chi connectivity index (χ3n) is 2.93. The standard InChI is InChI=1S/C14H16FNO3/c1-18-14(17)10-5-6-12(15)13(8-10)16-9-11-4-2-3-7-19-11/h3,5-8,11,16H,2,4,9H2,1H3. The van der Waals surface area contributed by atoms with E-state index in [1.165, 1.54) is 25.3 Å². The Morgan fingerprint density at radius 3 is 3.11 bits per heavy atom. The molecule has 0 fully saturated rings. The quantitative estimate of drug-likeness (QED) is 0.850. The fourth-order valence-electron chi connectivity index (χ4n) is 1.86. The molecular weight excluding hydrogens is 249 g/mol. The zero-order valence-corrected chi connectivity index (χ0v) is 10.7. The summed E-state index contributed by atoms with van der Waals surface area (Å²) in [7, 11) is 1.29. The summed E-state index contributed by atoms with van der Waals surface area (Å²) in [5.41, 5.74) is 0.594. The first-order valence-electron chi connectivity index (χ1n) is 6.13. The molecule has 102 valence electrons. The van der Waals surface area contributed by atoms with Gasteiger partial charge in [0.15, 0.2) is 0 Å². The molecule has 0 spiro atoms. The van der Waals surface area contributed by atoms with Crippen LogP contribution in [-0.2, 0) is 9.47 Å². The molecule has 1 aromatic rings. The van der Waals surface area contributed by atoms with Crippen LogP contribution in [0.1, 0.15) is 23.2 Å². The maximum atomic E-state index is 13.6. The Hall–Kier alpha value is -2.04. The van der Waals surface area contributed by atoms with Crippen molar-refractivity contribution in [2.24, 2.45) is 0 Å². The van der Waals surface area contributed by atoms with Crippen LogP contribution < -0.4 is 5.32 Å². The molecule has 0 aromatic heterocycles. The normalized spacial score (nSPS) is 17.7. The lowest BCUT2D eigenvalue weighted by Crippen LogP contribution is -2.23. The molecule has 0 saturated carbocycles. The fourth-order valence-corrected chi connectivity index (χ4v) is 1.86. The summed E-state index contributed by atoms with van der Waals surface area (Å²) in [6.07, 6.45) is 5.48. The number of rotatable bonds is 4. The van der Waals surface area contributed by atoms with Gasteiger partial charge in [-0.25, -0.2) is 9.18 Å². The molecule has 1 aromatic carbocycles. The van der Waals surface area contributed by atoms with Crippen molar-refractivity contribution in [2.75, 3.05) is 19.0 Å². The molecule has 2 rings (SSSR count). The molecule has 5 heteroatoms. The van der Waals surface area contributed by atoms with E-state index < -0.39 is 11.8 Å². The van der Waals surface area contributed by atoms with E-state index >= 15 is 0 Å². The zero-order valence-electron chi connectivity index (χ0n) is 10.7. The van der Waals surface area contributed by atoms with Crippen LogP contribution in [0.2, 0.25) is 0 Å². The smallest absolute Gasteiger partial charge is 0.337 e. The highest BCUT2D eigenvalue weighted by molar-refractivity contribution is 5.90. The van der Waals surface area contributed by atoms with E-state index in [4.69, 9.17) is 4.74 Å². The third kappa shape index (κ3) is 3.47. The molecule has 1 unspecified atom stereocenters. The number of carbonyl (C=O) groups excluding carboxylic acids is 1. The summed E-state index contributed by atoms with van der Waals surface area (Å²) in [4.78, 5) is 11.4. The monoisotopic (exact) mass is 265 g/mol. The lowest BCUT2D eigenvalue weighted by molar-refractivity contribution is 0.0600. The van der Waals surface area contributed by atoms with Crippen LogP contribution in [-0.4, -0.2) is 25.7 Å². The number of anilines is 1. The Bertz CT molecular complexity index is 488. The van der Waals surface area contributed by atoms with E-state index in [1.807, 2.05) is 6.08 Å². The van der Waals surface area contributed by atoms with Gasteiger partial charge in [-0.05, 0) is 37.1 Å². The molecule has 0 saturated heterocycles. The summed E-state index contributed by atoms with van der Waals surface area (Å²) in [5, 5.41) is 2.96. The molecule has 1 heterocycles. The van der Waals surface area contributed by atoms with Gasteiger partial charge in [0.1, 0.15) is 11.9 Å². The van der Waals surface area contributed by atoms with Crippen molar-refractivity contribution in [3.63, 3.8) is 0 Å². The van der Waals surface area contributed by atoms with Crippen molar-refractivity contribution >= 4 is 11.7 Å². The van der Waals surface area contributed by atoms with Crippen LogP contribution in [0.25, 0.3) is 0 Å². The molecule has 0 bridgehead atoms. The van der Waals surface area contributed by atoms with E-state index in [9.17, 15) is 9.18 Å². The van der Waals surface area contributed by atoms with Crippen molar-refractivity contribution in [3.8, 4) is 0 Å². The highest BCUT2D eigenvalue weighted by Gasteiger charge is 2.13. The molecule has 0 aliphatic carbocycles. The van der Waals surface area contributed by atoms with Gasteiger partial charge in [-0.3, -0.25) is 0 Å². The highest BCUT2D eigenvalue weighted by atomic mass is 19.1. The van der Waals surface area contributed by atoms with Crippen molar-refractivity contribution in [3.05, 3.63) is 41.9 Å². The van der Waals surface area contributed by atoms with E-state index in [-0.39, 0.29) is 11.8 Å². The lowest BCUT2D eigenvalue weighted by atomic mass is 10.1. The lowest BCUT2D eigenvalue weighted by Gasteiger charge is -2.20. The molecular formula is C14H16FNO3. The number of nitrogens with one attached hydrogen (secondary N) is 1. The topological polar surface area (TPSA) is 47.6 Å². The van der Waals surface area contributed by atoms with Crippen molar-refractivity contribution in [1.82, 2.24) is 0 Å². The number of esters is 1. The van der Waals surface area contributed by atoms with Gasteiger partial charge in [0, 0.05) is 0 Å². The van der Waals surface area contributed by atoms with Gasteiger partial charge in [-0.2, -0.15) is 0 Å². The molecule has 0 radical (unpaired) electrons.